The van der Waals surface area contributed by atoms with Crippen molar-refractivity contribution >= 4 is 51.5 Å². The molecule has 4 rings (SSSR count). The maximum Gasteiger partial charge on any atom is 0.273 e. The third-order valence-corrected chi connectivity index (χ3v) is 7.12. The van der Waals surface area contributed by atoms with Crippen molar-refractivity contribution in [2.24, 2.45) is 5.73 Å². The van der Waals surface area contributed by atoms with Gasteiger partial charge >= 0.3 is 0 Å². The highest BCUT2D eigenvalue weighted by molar-refractivity contribution is 7.09. The molecular weight excluding hydrogens is 504 g/mol. The van der Waals surface area contributed by atoms with Crippen molar-refractivity contribution in [2.75, 3.05) is 30.9 Å². The number of ether oxygens (including phenoxy) is 1. The predicted molar refractivity (Wildman–Crippen MR) is 147 cm³/mol. The molecule has 2 heterocycles. The van der Waals surface area contributed by atoms with Crippen LogP contribution in [0.1, 0.15) is 42.9 Å². The maximum atomic E-state index is 14.2. The number of rotatable bonds is 9. The van der Waals surface area contributed by atoms with Crippen LogP contribution in [0.4, 0.5) is 11.4 Å². The Kier molecular flexibility index (Phi) is 7.99. The van der Waals surface area contributed by atoms with Gasteiger partial charge in [0.25, 0.3) is 11.8 Å². The number of hydrogen-bond donors (Lipinski definition) is 3. The summed E-state index contributed by atoms with van der Waals surface area (Å²) in [5, 5.41) is 3.67. The van der Waals surface area contributed by atoms with Crippen LogP contribution in [-0.4, -0.2) is 47.3 Å². The summed E-state index contributed by atoms with van der Waals surface area (Å²) in [6.07, 6.45) is 1.69. The minimum atomic E-state index is -1.09. The molecule has 2 aromatic carbocycles. The summed E-state index contributed by atoms with van der Waals surface area (Å²) in [6, 6.07) is 13.5. The molecule has 38 heavy (non-hydrogen) atoms. The molecule has 196 valence electrons. The van der Waals surface area contributed by atoms with Crippen LogP contribution >= 0.6 is 11.5 Å². The van der Waals surface area contributed by atoms with Gasteiger partial charge in [-0.2, -0.15) is 4.37 Å². The average molecular weight is 533 g/mol. The molecule has 5 N–H and O–H groups in total. The van der Waals surface area contributed by atoms with Crippen LogP contribution in [0.3, 0.4) is 0 Å². The van der Waals surface area contributed by atoms with Crippen LogP contribution in [0.15, 0.2) is 54.7 Å². The Bertz CT molecular complexity index is 1520. The quantitative estimate of drug-likeness (QED) is 0.280. The molecule has 0 aliphatic heterocycles. The highest BCUT2D eigenvalue weighted by atomic mass is 32.1. The van der Waals surface area contributed by atoms with Gasteiger partial charge in [0.15, 0.2) is 5.69 Å². The molecule has 0 saturated heterocycles. The van der Waals surface area contributed by atoms with Crippen molar-refractivity contribution in [3.05, 3.63) is 82.0 Å². The number of benzene rings is 2. The van der Waals surface area contributed by atoms with Crippen LogP contribution in [0.25, 0.3) is 10.9 Å². The van der Waals surface area contributed by atoms with E-state index < -0.39 is 23.8 Å². The fraction of sp³-hybridized carbons (Fsp3) is 0.222. The molecular formula is C27H28N6O4S. The number of aryl methyl sites for hydroxylation is 1. The monoisotopic (exact) mass is 532 g/mol. The van der Waals surface area contributed by atoms with Crippen molar-refractivity contribution in [2.45, 2.75) is 19.9 Å². The van der Waals surface area contributed by atoms with Crippen molar-refractivity contribution in [3.8, 4) is 0 Å². The number of nitrogens with one attached hydrogen (secondary N) is 1. The van der Waals surface area contributed by atoms with E-state index in [4.69, 9.17) is 16.2 Å². The van der Waals surface area contributed by atoms with E-state index in [2.05, 4.69) is 14.7 Å². The standard InChI is InChI=1S/C27H28N6O4S/c1-15-6-4-8-20(16(15)2)33(27(36)24-21(28)22(25(29)34)32-38-24)23(26(35)31-12-13-37-3)18-9-10-19-17(14-18)7-5-11-30-19/h4-11,14,23H,12-13,28H2,1-3H3,(H2,29,34)(H,31,35)/t23-/m1/s1. The van der Waals surface area contributed by atoms with E-state index in [1.165, 1.54) is 12.0 Å². The number of hydrogen-bond acceptors (Lipinski definition) is 8. The third kappa shape index (κ3) is 5.20. The van der Waals surface area contributed by atoms with Crippen LogP contribution in [-0.2, 0) is 9.53 Å². The van der Waals surface area contributed by atoms with Gasteiger partial charge < -0.3 is 21.5 Å². The summed E-state index contributed by atoms with van der Waals surface area (Å²) >= 11 is 0.765. The zero-order valence-corrected chi connectivity index (χ0v) is 22.0. The van der Waals surface area contributed by atoms with Crippen molar-refractivity contribution in [3.63, 3.8) is 0 Å². The summed E-state index contributed by atoms with van der Waals surface area (Å²) in [5.41, 5.74) is 14.8. The summed E-state index contributed by atoms with van der Waals surface area (Å²) in [5.74, 6) is -1.84. The SMILES string of the molecule is COCCNC(=O)[C@@H](c1ccc2ncccc2c1)N(C(=O)c1snc(C(N)=O)c1N)c1cccc(C)c1C. The Morgan fingerprint density at radius 1 is 1.13 bits per heavy atom. The predicted octanol–water partition coefficient (Wildman–Crippen LogP) is 3.14. The van der Waals surface area contributed by atoms with E-state index in [1.807, 2.05) is 38.1 Å². The first-order valence-electron chi connectivity index (χ1n) is 11.8. The number of nitrogen functional groups attached to an aromatic ring is 1. The number of anilines is 2. The van der Waals surface area contributed by atoms with Crippen LogP contribution in [0.2, 0.25) is 0 Å². The minimum Gasteiger partial charge on any atom is -0.395 e. The molecule has 0 bridgehead atoms. The fourth-order valence-corrected chi connectivity index (χ4v) is 4.90. The fourth-order valence-electron chi connectivity index (χ4n) is 4.16. The largest absolute Gasteiger partial charge is 0.395 e. The Balaban J connectivity index is 1.94. The zero-order chi connectivity index (χ0) is 27.4. The van der Waals surface area contributed by atoms with Gasteiger partial charge in [-0.05, 0) is 66.3 Å². The molecule has 0 radical (unpaired) electrons. The van der Waals surface area contributed by atoms with E-state index in [0.29, 0.717) is 17.9 Å². The van der Waals surface area contributed by atoms with Crippen LogP contribution in [0, 0.1) is 13.8 Å². The Morgan fingerprint density at radius 3 is 2.63 bits per heavy atom. The Morgan fingerprint density at radius 2 is 1.92 bits per heavy atom. The van der Waals surface area contributed by atoms with Gasteiger partial charge in [-0.15, -0.1) is 0 Å². The molecule has 2 aromatic heterocycles. The second-order valence-electron chi connectivity index (χ2n) is 8.67. The number of nitrogens with two attached hydrogens (primary N) is 2. The number of carbonyl (C=O) groups is 3. The van der Waals surface area contributed by atoms with E-state index in [-0.39, 0.29) is 22.8 Å². The number of fused-ring (bicyclic) bond motifs is 1. The van der Waals surface area contributed by atoms with Gasteiger partial charge in [-0.1, -0.05) is 24.3 Å². The van der Waals surface area contributed by atoms with E-state index in [1.54, 1.807) is 30.5 Å². The molecule has 0 spiro atoms. The average Bonchev–Trinajstić information content (AvgIpc) is 3.30. The second kappa shape index (κ2) is 11.4. The third-order valence-electron chi connectivity index (χ3n) is 6.26. The van der Waals surface area contributed by atoms with E-state index >= 15 is 0 Å². The molecule has 10 nitrogen and oxygen atoms in total. The highest BCUT2D eigenvalue weighted by Crippen LogP contribution is 2.36. The van der Waals surface area contributed by atoms with Gasteiger partial charge in [-0.25, -0.2) is 0 Å². The maximum absolute atomic E-state index is 14.2. The summed E-state index contributed by atoms with van der Waals surface area (Å²) in [6.45, 7) is 4.33. The van der Waals surface area contributed by atoms with Crippen LogP contribution < -0.4 is 21.7 Å². The first-order chi connectivity index (χ1) is 18.2. The minimum absolute atomic E-state index is 0.0110. The van der Waals surface area contributed by atoms with E-state index in [9.17, 15) is 14.4 Å². The molecule has 0 aliphatic carbocycles. The van der Waals surface area contributed by atoms with Crippen molar-refractivity contribution in [1.82, 2.24) is 14.7 Å². The lowest BCUT2D eigenvalue weighted by molar-refractivity contribution is -0.122. The van der Waals surface area contributed by atoms with Gasteiger partial charge in [0, 0.05) is 30.9 Å². The number of methoxy groups -OCH3 is 1. The topological polar surface area (TPSA) is 154 Å². The number of amides is 3. The van der Waals surface area contributed by atoms with Crippen molar-refractivity contribution < 1.29 is 19.1 Å². The smallest absolute Gasteiger partial charge is 0.273 e. The molecule has 3 amide bonds. The molecule has 0 aliphatic rings. The number of pyridine rings is 1. The highest BCUT2D eigenvalue weighted by Gasteiger charge is 2.36. The molecule has 4 aromatic rings. The normalized spacial score (nSPS) is 11.8. The number of carbonyl (C=O) groups excluding carboxylic acids is 3. The Labute approximate surface area is 223 Å². The molecule has 0 fully saturated rings. The number of nitrogens with zero attached hydrogens (tertiary/aromatic N) is 3. The van der Waals surface area contributed by atoms with Crippen molar-refractivity contribution in [1.29, 1.82) is 0 Å². The zero-order valence-electron chi connectivity index (χ0n) is 21.2. The van der Waals surface area contributed by atoms with Crippen LogP contribution in [0.5, 0.6) is 0 Å². The molecule has 0 saturated carbocycles. The lowest BCUT2D eigenvalue weighted by Crippen LogP contribution is -2.45. The molecule has 1 atom stereocenters. The molecule has 0 unspecified atom stereocenters. The van der Waals surface area contributed by atoms with Gasteiger partial charge in [-0.3, -0.25) is 24.3 Å². The lowest BCUT2D eigenvalue weighted by atomic mass is 9.98. The second-order valence-corrected chi connectivity index (χ2v) is 9.45. The van der Waals surface area contributed by atoms with E-state index in [0.717, 1.165) is 33.6 Å². The number of primary amides is 1. The van der Waals surface area contributed by atoms with Gasteiger partial charge in [0.2, 0.25) is 5.91 Å². The molecule has 11 heteroatoms. The van der Waals surface area contributed by atoms with Gasteiger partial charge in [0.05, 0.1) is 17.8 Å². The lowest BCUT2D eigenvalue weighted by Gasteiger charge is -2.33. The number of aromatic nitrogens is 2. The summed E-state index contributed by atoms with van der Waals surface area (Å²) in [4.78, 5) is 45.6. The Hall–Kier alpha value is -4.35. The van der Waals surface area contributed by atoms with Gasteiger partial charge in [0.1, 0.15) is 10.9 Å². The summed E-state index contributed by atoms with van der Waals surface area (Å²) < 4.78 is 9.10. The first kappa shape index (κ1) is 26.7. The first-order valence-corrected chi connectivity index (χ1v) is 12.6. The summed E-state index contributed by atoms with van der Waals surface area (Å²) in [7, 11) is 1.54.